The number of fused-ring (bicyclic) bond motifs is 1. The lowest BCUT2D eigenvalue weighted by Crippen LogP contribution is -2.41. The molecule has 0 bridgehead atoms. The van der Waals surface area contributed by atoms with Crippen LogP contribution in [0.5, 0.6) is 0 Å². The number of nitrogens with one attached hydrogen (secondary N) is 1. The average Bonchev–Trinajstić information content (AvgIpc) is 2.87. The molecule has 0 saturated carbocycles. The second kappa shape index (κ2) is 13.0. The van der Waals surface area contributed by atoms with Crippen molar-refractivity contribution in [1.29, 1.82) is 0 Å². The molecule has 2 aliphatic heterocycles. The number of esters is 1. The van der Waals surface area contributed by atoms with E-state index in [1.165, 1.54) is 0 Å². The van der Waals surface area contributed by atoms with E-state index in [-0.39, 0.29) is 29.8 Å². The van der Waals surface area contributed by atoms with Crippen molar-refractivity contribution in [2.24, 2.45) is 16.8 Å². The largest absolute Gasteiger partial charge is 0.457 e. The molecule has 1 aromatic rings. The molecule has 3 rings (SSSR count). The third-order valence-corrected chi connectivity index (χ3v) is 6.82. The number of nitrogens with zero attached hydrogens (tertiary/aromatic N) is 2. The van der Waals surface area contributed by atoms with Crippen molar-refractivity contribution in [2.75, 3.05) is 39.5 Å². The highest BCUT2D eigenvalue weighted by Crippen LogP contribution is 2.21. The molecule has 1 N–H and O–H groups in total. The molecule has 2 heterocycles. The number of rotatable bonds is 12. The summed E-state index contributed by atoms with van der Waals surface area (Å²) in [5, 5.41) is 4.91. The fourth-order valence-corrected chi connectivity index (χ4v) is 4.62. The van der Waals surface area contributed by atoms with E-state index in [2.05, 4.69) is 40.8 Å². The predicted molar refractivity (Wildman–Crippen MR) is 145 cm³/mol. The molecule has 0 spiro atoms. The number of ether oxygens (including phenoxy) is 3. The van der Waals surface area contributed by atoms with Gasteiger partial charge in [0.15, 0.2) is 0 Å². The van der Waals surface area contributed by atoms with Crippen LogP contribution in [0.2, 0.25) is 0 Å². The third kappa shape index (κ3) is 8.03. The molecule has 37 heavy (non-hydrogen) atoms. The molecule has 1 amide bonds. The lowest BCUT2D eigenvalue weighted by Gasteiger charge is -2.28. The van der Waals surface area contributed by atoms with Gasteiger partial charge in [-0.05, 0) is 57.5 Å². The van der Waals surface area contributed by atoms with Crippen LogP contribution in [0.3, 0.4) is 0 Å². The number of benzene rings is 1. The first-order valence-corrected chi connectivity index (χ1v) is 13.1. The molecule has 0 radical (unpaired) electrons. The van der Waals surface area contributed by atoms with Crippen LogP contribution in [0.1, 0.15) is 56.5 Å². The highest BCUT2D eigenvalue weighted by molar-refractivity contribution is 5.95. The van der Waals surface area contributed by atoms with Gasteiger partial charge < -0.3 is 24.4 Å². The lowest BCUT2D eigenvalue weighted by molar-refractivity contribution is -0.160. The van der Waals surface area contributed by atoms with Crippen molar-refractivity contribution in [1.82, 2.24) is 10.2 Å². The fraction of sp³-hybridized carbons (Fsp3) is 0.586. The number of aliphatic imine (C=N–C) groups is 1. The van der Waals surface area contributed by atoms with Crippen molar-refractivity contribution in [2.45, 2.75) is 59.2 Å². The molecular weight excluding hydrogens is 470 g/mol. The molecule has 3 unspecified atom stereocenters. The van der Waals surface area contributed by atoms with Crippen molar-refractivity contribution in [3.05, 3.63) is 39.9 Å². The first kappa shape index (κ1) is 28.6. The summed E-state index contributed by atoms with van der Waals surface area (Å²) >= 11 is 0. The summed E-state index contributed by atoms with van der Waals surface area (Å²) in [7, 11) is 0. The van der Waals surface area contributed by atoms with Crippen LogP contribution in [-0.2, 0) is 19.0 Å². The summed E-state index contributed by atoms with van der Waals surface area (Å²) < 4.78 is 16.7. The summed E-state index contributed by atoms with van der Waals surface area (Å²) in [5.41, 5.74) is 4.23. The van der Waals surface area contributed by atoms with Crippen molar-refractivity contribution in [3.63, 3.8) is 0 Å². The van der Waals surface area contributed by atoms with Gasteiger partial charge in [0.1, 0.15) is 5.60 Å². The van der Waals surface area contributed by atoms with Gasteiger partial charge in [-0.25, -0.2) is 0 Å². The van der Waals surface area contributed by atoms with Crippen LogP contribution in [-0.4, -0.2) is 74.7 Å². The minimum Gasteiger partial charge on any atom is -0.457 e. The van der Waals surface area contributed by atoms with E-state index in [1.807, 2.05) is 46.0 Å². The van der Waals surface area contributed by atoms with Crippen LogP contribution in [0.15, 0.2) is 23.3 Å². The number of carbonyl (C=O) groups is 2. The molecule has 1 fully saturated rings. The van der Waals surface area contributed by atoms with E-state index >= 15 is 0 Å². The van der Waals surface area contributed by atoms with Crippen molar-refractivity contribution < 1.29 is 23.8 Å². The van der Waals surface area contributed by atoms with Gasteiger partial charge in [-0.3, -0.25) is 14.6 Å². The van der Waals surface area contributed by atoms with Crippen molar-refractivity contribution >= 4 is 30.5 Å². The van der Waals surface area contributed by atoms with Gasteiger partial charge in [-0.15, -0.1) is 0 Å². The molecule has 0 aromatic heterocycles. The van der Waals surface area contributed by atoms with Crippen LogP contribution < -0.4 is 15.8 Å². The maximum absolute atomic E-state index is 12.9. The van der Waals surface area contributed by atoms with Gasteiger partial charge in [0.05, 0.1) is 38.4 Å². The van der Waals surface area contributed by atoms with E-state index in [0.717, 1.165) is 29.0 Å². The van der Waals surface area contributed by atoms with Crippen LogP contribution in [0.4, 0.5) is 0 Å². The Labute approximate surface area is 220 Å². The van der Waals surface area contributed by atoms with Crippen LogP contribution >= 0.6 is 0 Å². The first-order chi connectivity index (χ1) is 17.6. The summed E-state index contributed by atoms with van der Waals surface area (Å²) in [5.74, 6) is -0.283. The normalized spacial score (nSPS) is 18.6. The Kier molecular flexibility index (Phi) is 10.1. The average molecular weight is 512 g/mol. The maximum atomic E-state index is 12.9. The van der Waals surface area contributed by atoms with Gasteiger partial charge in [0, 0.05) is 41.5 Å². The quantitative estimate of drug-likeness (QED) is 0.342. The Hall–Kier alpha value is -2.93. The molecule has 1 aromatic carbocycles. The van der Waals surface area contributed by atoms with Gasteiger partial charge in [-0.1, -0.05) is 26.0 Å². The Bertz CT molecular complexity index is 1130. The Morgan fingerprint density at radius 3 is 2.81 bits per heavy atom. The molecule has 1 saturated heterocycles. The fourth-order valence-electron chi connectivity index (χ4n) is 4.62. The summed E-state index contributed by atoms with van der Waals surface area (Å²) in [6.07, 6.45) is 5.53. The number of hydrogen-bond acceptors (Lipinski definition) is 7. The highest BCUT2D eigenvalue weighted by atomic mass is 16.6. The van der Waals surface area contributed by atoms with Gasteiger partial charge in [0.25, 0.3) is 5.91 Å². The predicted octanol–water partition coefficient (Wildman–Crippen LogP) is 2.16. The van der Waals surface area contributed by atoms with Crippen LogP contribution in [0, 0.1) is 18.8 Å². The standard InChI is InChI=1S/C29H41N3O5/c1-7-22(14-20(2)28(34)37-29(4,5)19-30-6)16-32-11-10-23-8-9-25(21(3)26(23)17-32)27(33)31-15-24-18-35-12-13-36-24/h8-9,11,17,20,22,24H,6-7,12-16,18-19H2,1-5H3,(H,31,33). The van der Waals surface area contributed by atoms with Crippen molar-refractivity contribution in [3.8, 4) is 0 Å². The number of carbonyl (C=O) groups excluding carboxylic acids is 2. The molecule has 8 nitrogen and oxygen atoms in total. The summed E-state index contributed by atoms with van der Waals surface area (Å²) in [6.45, 7) is 16.4. The van der Waals surface area contributed by atoms with E-state index in [1.54, 1.807) is 0 Å². The second-order valence-electron chi connectivity index (χ2n) is 10.5. The van der Waals surface area contributed by atoms with E-state index < -0.39 is 5.60 Å². The van der Waals surface area contributed by atoms with E-state index in [0.29, 0.717) is 44.9 Å². The third-order valence-electron chi connectivity index (χ3n) is 6.82. The molecule has 8 heteroatoms. The molecule has 202 valence electrons. The summed E-state index contributed by atoms with van der Waals surface area (Å²) in [4.78, 5) is 31.5. The Morgan fingerprint density at radius 1 is 1.35 bits per heavy atom. The number of hydrogen-bond donors (Lipinski definition) is 1. The molecule has 2 aliphatic rings. The minimum atomic E-state index is -0.657. The van der Waals surface area contributed by atoms with Gasteiger partial charge >= 0.3 is 5.97 Å². The smallest absolute Gasteiger partial charge is 0.309 e. The summed E-state index contributed by atoms with van der Waals surface area (Å²) in [6, 6.07) is 3.77. The Balaban J connectivity index is 1.66. The zero-order valence-corrected chi connectivity index (χ0v) is 22.8. The zero-order valence-electron chi connectivity index (χ0n) is 22.8. The molecule has 0 aliphatic carbocycles. The maximum Gasteiger partial charge on any atom is 0.309 e. The highest BCUT2D eigenvalue weighted by Gasteiger charge is 2.27. The molecule has 3 atom stereocenters. The zero-order chi connectivity index (χ0) is 27.0. The number of amides is 1. The SMILES string of the molecule is C=NCC(C)(C)OC(=O)C(C)CC(CC)CN1C=C=c2ccc(C(=O)NCC3COCCO3)c(C)c2=C1. The Morgan fingerprint density at radius 2 is 2.14 bits per heavy atom. The monoisotopic (exact) mass is 511 g/mol. The van der Waals surface area contributed by atoms with Gasteiger partial charge in [0.2, 0.25) is 0 Å². The topological polar surface area (TPSA) is 89.5 Å². The minimum absolute atomic E-state index is 0.121. The first-order valence-electron chi connectivity index (χ1n) is 13.1. The van der Waals surface area contributed by atoms with E-state index in [9.17, 15) is 9.59 Å². The van der Waals surface area contributed by atoms with Crippen LogP contribution in [0.25, 0.3) is 11.9 Å². The van der Waals surface area contributed by atoms with Gasteiger partial charge in [-0.2, -0.15) is 0 Å². The lowest BCUT2D eigenvalue weighted by atomic mass is 9.93. The molecular formula is C29H41N3O5. The second-order valence-corrected chi connectivity index (χ2v) is 10.5. The van der Waals surface area contributed by atoms with E-state index in [4.69, 9.17) is 14.2 Å².